The van der Waals surface area contributed by atoms with Crippen molar-refractivity contribution in [2.75, 3.05) is 0 Å². The van der Waals surface area contributed by atoms with Crippen LogP contribution in [-0.4, -0.2) is 11.1 Å². The average Bonchev–Trinajstić information content (AvgIpc) is 1.93. The van der Waals surface area contributed by atoms with Crippen molar-refractivity contribution in [3.05, 3.63) is 42.3 Å². The highest BCUT2D eigenvalue weighted by Gasteiger charge is 1.97. The lowest BCUT2D eigenvalue weighted by atomic mass is 10.1. The zero-order valence-corrected chi connectivity index (χ0v) is 5.95. The normalized spacial score (nSPS) is 9.55. The fourth-order valence-corrected chi connectivity index (χ4v) is 0.810. The van der Waals surface area contributed by atoms with Crippen LogP contribution < -0.4 is 0 Å². The average molecular weight is 148 g/mol. The number of carbonyl (C=O) groups is 1. The first-order valence-electron chi connectivity index (χ1n) is 3.24. The van der Waals surface area contributed by atoms with E-state index >= 15 is 0 Å². The minimum atomic E-state index is -0.824. The molecule has 1 aromatic rings. The summed E-state index contributed by atoms with van der Waals surface area (Å²) < 4.78 is 0. The van der Waals surface area contributed by atoms with Gasteiger partial charge < -0.3 is 5.11 Å². The largest absolute Gasteiger partial charge is 0.481 e. The lowest BCUT2D eigenvalue weighted by Gasteiger charge is -1.95. The second-order valence-corrected chi connectivity index (χ2v) is 2.31. The molecular formula is C9H8O2. The summed E-state index contributed by atoms with van der Waals surface area (Å²) in [5.41, 5.74) is 1.42. The summed E-state index contributed by atoms with van der Waals surface area (Å²) in [6.07, 6.45) is 0.0558. The van der Waals surface area contributed by atoms with Crippen molar-refractivity contribution in [1.29, 1.82) is 0 Å². The Kier molecular flexibility index (Phi) is 2.26. The van der Waals surface area contributed by atoms with Crippen molar-refractivity contribution in [3.63, 3.8) is 0 Å². The first-order valence-corrected chi connectivity index (χ1v) is 3.24. The monoisotopic (exact) mass is 148 g/mol. The van der Waals surface area contributed by atoms with Gasteiger partial charge in [0, 0.05) is 0 Å². The van der Waals surface area contributed by atoms with Crippen molar-refractivity contribution in [2.45, 2.75) is 6.42 Å². The number of benzene rings is 1. The molecule has 0 saturated carbocycles. The summed E-state index contributed by atoms with van der Waals surface area (Å²) >= 11 is 0. The lowest BCUT2D eigenvalue weighted by Crippen LogP contribution is -1.99. The van der Waals surface area contributed by atoms with E-state index in [-0.39, 0.29) is 6.42 Å². The molecule has 2 heteroatoms. The molecule has 1 aromatic carbocycles. The molecule has 0 unspecified atom stereocenters. The van der Waals surface area contributed by atoms with Gasteiger partial charge in [0.25, 0.3) is 0 Å². The SMILES string of the molecule is [CH]c1ccc(CC(=O)O)cc1. The molecule has 0 spiro atoms. The molecule has 0 bridgehead atoms. The Hall–Kier alpha value is -1.31. The van der Waals surface area contributed by atoms with Crippen LogP contribution in [0, 0.1) is 6.92 Å². The number of carboxylic acid groups (broad SMARTS) is 1. The molecule has 0 fully saturated rings. The van der Waals surface area contributed by atoms with Crippen LogP contribution in [0.5, 0.6) is 0 Å². The lowest BCUT2D eigenvalue weighted by molar-refractivity contribution is -0.136. The third kappa shape index (κ3) is 2.42. The number of aliphatic carboxylic acids is 1. The maximum Gasteiger partial charge on any atom is 0.307 e. The Morgan fingerprint density at radius 3 is 2.36 bits per heavy atom. The van der Waals surface area contributed by atoms with Crippen LogP contribution in [0.15, 0.2) is 24.3 Å². The zero-order chi connectivity index (χ0) is 8.27. The molecule has 1 rings (SSSR count). The van der Waals surface area contributed by atoms with Crippen LogP contribution in [0.2, 0.25) is 0 Å². The predicted octanol–water partition coefficient (Wildman–Crippen LogP) is 1.37. The fourth-order valence-electron chi connectivity index (χ4n) is 0.810. The Morgan fingerprint density at radius 2 is 1.91 bits per heavy atom. The van der Waals surface area contributed by atoms with Crippen molar-refractivity contribution >= 4 is 5.97 Å². The summed E-state index contributed by atoms with van der Waals surface area (Å²) in [5, 5.41) is 8.40. The molecule has 0 aliphatic heterocycles. The van der Waals surface area contributed by atoms with E-state index < -0.39 is 5.97 Å². The topological polar surface area (TPSA) is 37.3 Å². The van der Waals surface area contributed by atoms with Gasteiger partial charge in [-0.25, -0.2) is 0 Å². The van der Waals surface area contributed by atoms with Gasteiger partial charge in [0.1, 0.15) is 0 Å². The number of hydrogen-bond donors (Lipinski definition) is 1. The van der Waals surface area contributed by atoms with E-state index in [4.69, 9.17) is 12.0 Å². The van der Waals surface area contributed by atoms with E-state index in [0.717, 1.165) is 5.56 Å². The molecular weight excluding hydrogens is 140 g/mol. The second-order valence-electron chi connectivity index (χ2n) is 2.31. The maximum absolute atomic E-state index is 10.2. The summed E-state index contributed by atoms with van der Waals surface area (Å²) in [6.45, 7) is 5.41. The summed E-state index contributed by atoms with van der Waals surface area (Å²) in [4.78, 5) is 10.2. The van der Waals surface area contributed by atoms with Crippen LogP contribution >= 0.6 is 0 Å². The maximum atomic E-state index is 10.2. The van der Waals surface area contributed by atoms with Gasteiger partial charge in [0.15, 0.2) is 0 Å². The predicted molar refractivity (Wildman–Crippen MR) is 41.2 cm³/mol. The molecule has 11 heavy (non-hydrogen) atoms. The first-order chi connectivity index (χ1) is 5.18. The van der Waals surface area contributed by atoms with Crippen LogP contribution in [0.25, 0.3) is 0 Å². The molecule has 1 N–H and O–H groups in total. The molecule has 56 valence electrons. The van der Waals surface area contributed by atoms with Crippen LogP contribution in [0.4, 0.5) is 0 Å². The van der Waals surface area contributed by atoms with Gasteiger partial charge in [-0.05, 0) is 18.1 Å². The van der Waals surface area contributed by atoms with E-state index in [1.807, 2.05) is 0 Å². The van der Waals surface area contributed by atoms with Gasteiger partial charge in [0.2, 0.25) is 0 Å². The van der Waals surface area contributed by atoms with Crippen LogP contribution in [0.1, 0.15) is 11.1 Å². The molecule has 0 aliphatic rings. The van der Waals surface area contributed by atoms with Crippen molar-refractivity contribution in [1.82, 2.24) is 0 Å². The Balaban J connectivity index is 2.74. The third-order valence-electron chi connectivity index (χ3n) is 1.34. The van der Waals surface area contributed by atoms with Crippen LogP contribution in [-0.2, 0) is 11.2 Å². The van der Waals surface area contributed by atoms with E-state index in [1.54, 1.807) is 24.3 Å². The van der Waals surface area contributed by atoms with Crippen molar-refractivity contribution in [3.8, 4) is 0 Å². The molecule has 0 saturated heterocycles. The minimum absolute atomic E-state index is 0.0558. The molecule has 0 aromatic heterocycles. The van der Waals surface area contributed by atoms with E-state index in [0.29, 0.717) is 5.56 Å². The molecule has 0 amide bonds. The number of carboxylic acids is 1. The molecule has 2 nitrogen and oxygen atoms in total. The van der Waals surface area contributed by atoms with E-state index in [1.165, 1.54) is 0 Å². The van der Waals surface area contributed by atoms with E-state index in [2.05, 4.69) is 0 Å². The minimum Gasteiger partial charge on any atom is -0.481 e. The number of rotatable bonds is 2. The van der Waals surface area contributed by atoms with Gasteiger partial charge in [-0.1, -0.05) is 24.3 Å². The van der Waals surface area contributed by atoms with Gasteiger partial charge >= 0.3 is 5.97 Å². The van der Waals surface area contributed by atoms with Gasteiger partial charge in [0.05, 0.1) is 6.42 Å². The fraction of sp³-hybridized carbons (Fsp3) is 0.111. The molecule has 2 radical (unpaired) electrons. The quantitative estimate of drug-likeness (QED) is 0.687. The standard InChI is InChI=1S/C9H8O2/c1-7-2-4-8(5-3-7)6-9(10)11/h1-5H,6H2,(H,10,11). The van der Waals surface area contributed by atoms with Gasteiger partial charge in [-0.3, -0.25) is 4.79 Å². The second kappa shape index (κ2) is 3.19. The number of hydrogen-bond acceptors (Lipinski definition) is 1. The van der Waals surface area contributed by atoms with Gasteiger partial charge in [-0.2, -0.15) is 0 Å². The van der Waals surface area contributed by atoms with Crippen LogP contribution in [0.3, 0.4) is 0 Å². The Labute approximate surface area is 65.5 Å². The van der Waals surface area contributed by atoms with Gasteiger partial charge in [-0.15, -0.1) is 0 Å². The third-order valence-corrected chi connectivity index (χ3v) is 1.34. The highest BCUT2D eigenvalue weighted by atomic mass is 16.4. The van der Waals surface area contributed by atoms with Crippen molar-refractivity contribution < 1.29 is 9.90 Å². The molecule has 0 heterocycles. The molecule has 0 aliphatic carbocycles. The summed E-state index contributed by atoms with van der Waals surface area (Å²) in [5.74, 6) is -0.824. The van der Waals surface area contributed by atoms with E-state index in [9.17, 15) is 4.79 Å². The highest BCUT2D eigenvalue weighted by Crippen LogP contribution is 2.03. The van der Waals surface area contributed by atoms with Crippen molar-refractivity contribution in [2.24, 2.45) is 0 Å². The zero-order valence-electron chi connectivity index (χ0n) is 5.95. The first kappa shape index (κ1) is 7.79. The molecule has 0 atom stereocenters. The Morgan fingerprint density at radius 1 is 1.36 bits per heavy atom. The highest BCUT2D eigenvalue weighted by molar-refractivity contribution is 5.70. The Bertz CT molecular complexity index is 249. The smallest absolute Gasteiger partial charge is 0.307 e. The summed E-state index contributed by atoms with van der Waals surface area (Å²) in [6, 6.07) is 6.81. The summed E-state index contributed by atoms with van der Waals surface area (Å²) in [7, 11) is 0.